The molecule has 0 saturated carbocycles. The standard InChI is InChI=1S/C18H25N3O3/c1-13(2)11-23-12-16-5-8-21-15(4-7-19-21)10-20(16)18(22)17-6-9-24-14(17)3/h4,6-7,9,13,16H,5,8,10-12H2,1-3H3. The lowest BCUT2D eigenvalue weighted by Gasteiger charge is -2.29. The second-order valence-corrected chi connectivity index (χ2v) is 6.74. The summed E-state index contributed by atoms with van der Waals surface area (Å²) in [6, 6.07) is 3.75. The number of fused-ring (bicyclic) bond motifs is 1. The van der Waals surface area contributed by atoms with Crippen LogP contribution in [0.5, 0.6) is 0 Å². The highest BCUT2D eigenvalue weighted by molar-refractivity contribution is 5.95. The third kappa shape index (κ3) is 3.53. The first-order valence-electron chi connectivity index (χ1n) is 8.49. The summed E-state index contributed by atoms with van der Waals surface area (Å²) >= 11 is 0. The van der Waals surface area contributed by atoms with Crippen molar-refractivity contribution in [1.29, 1.82) is 0 Å². The van der Waals surface area contributed by atoms with E-state index >= 15 is 0 Å². The summed E-state index contributed by atoms with van der Waals surface area (Å²) in [6.45, 7) is 8.66. The molecule has 3 heterocycles. The third-order valence-electron chi connectivity index (χ3n) is 4.36. The van der Waals surface area contributed by atoms with Crippen molar-refractivity contribution >= 4 is 5.91 Å². The number of furan rings is 1. The Bertz CT molecular complexity index is 689. The first kappa shape index (κ1) is 16.8. The largest absolute Gasteiger partial charge is 0.469 e. The number of hydrogen-bond donors (Lipinski definition) is 0. The minimum Gasteiger partial charge on any atom is -0.469 e. The van der Waals surface area contributed by atoms with E-state index in [0.29, 0.717) is 37.0 Å². The Balaban J connectivity index is 1.81. The van der Waals surface area contributed by atoms with Gasteiger partial charge in [-0.3, -0.25) is 9.48 Å². The van der Waals surface area contributed by atoms with Gasteiger partial charge < -0.3 is 14.1 Å². The molecule has 2 aromatic heterocycles. The molecule has 1 amide bonds. The van der Waals surface area contributed by atoms with E-state index < -0.39 is 0 Å². The molecule has 1 aliphatic rings. The lowest BCUT2D eigenvalue weighted by atomic mass is 10.1. The van der Waals surface area contributed by atoms with Gasteiger partial charge in [-0.1, -0.05) is 13.8 Å². The number of rotatable bonds is 5. The summed E-state index contributed by atoms with van der Waals surface area (Å²) in [7, 11) is 0. The number of aromatic nitrogens is 2. The molecular formula is C18H25N3O3. The molecular weight excluding hydrogens is 306 g/mol. The van der Waals surface area contributed by atoms with Crippen molar-refractivity contribution in [2.75, 3.05) is 13.2 Å². The molecule has 0 spiro atoms. The monoisotopic (exact) mass is 331 g/mol. The van der Waals surface area contributed by atoms with E-state index in [2.05, 4.69) is 18.9 Å². The number of carbonyl (C=O) groups is 1. The Kier molecular flexibility index (Phi) is 5.04. The van der Waals surface area contributed by atoms with Gasteiger partial charge in [-0.05, 0) is 31.4 Å². The minimum atomic E-state index is -0.00551. The van der Waals surface area contributed by atoms with Crippen molar-refractivity contribution < 1.29 is 13.9 Å². The number of ether oxygens (including phenoxy) is 1. The number of carbonyl (C=O) groups excluding carboxylic acids is 1. The Labute approximate surface area is 142 Å². The summed E-state index contributed by atoms with van der Waals surface area (Å²) in [4.78, 5) is 15.0. The van der Waals surface area contributed by atoms with E-state index in [1.807, 2.05) is 22.6 Å². The SMILES string of the molecule is Cc1occc1C(=O)N1Cc2ccnn2CCC1COCC(C)C. The second kappa shape index (κ2) is 7.21. The fourth-order valence-electron chi connectivity index (χ4n) is 3.04. The van der Waals surface area contributed by atoms with Crippen molar-refractivity contribution in [2.45, 2.75) is 46.3 Å². The topological polar surface area (TPSA) is 60.5 Å². The summed E-state index contributed by atoms with van der Waals surface area (Å²) in [5.41, 5.74) is 1.67. The average molecular weight is 331 g/mol. The fraction of sp³-hybridized carbons (Fsp3) is 0.556. The minimum absolute atomic E-state index is 0.00551. The van der Waals surface area contributed by atoms with Gasteiger partial charge in [-0.2, -0.15) is 5.10 Å². The predicted molar refractivity (Wildman–Crippen MR) is 89.6 cm³/mol. The smallest absolute Gasteiger partial charge is 0.258 e. The van der Waals surface area contributed by atoms with Gasteiger partial charge in [0, 0.05) is 19.3 Å². The van der Waals surface area contributed by atoms with Crippen LogP contribution in [0.1, 0.15) is 42.1 Å². The Morgan fingerprint density at radius 2 is 2.29 bits per heavy atom. The van der Waals surface area contributed by atoms with Crippen LogP contribution < -0.4 is 0 Å². The molecule has 0 aromatic carbocycles. The van der Waals surface area contributed by atoms with Crippen molar-refractivity contribution in [3.8, 4) is 0 Å². The van der Waals surface area contributed by atoms with E-state index in [4.69, 9.17) is 9.15 Å². The maximum atomic E-state index is 13.1. The molecule has 6 nitrogen and oxygen atoms in total. The molecule has 2 aromatic rings. The van der Waals surface area contributed by atoms with Crippen LogP contribution in [-0.2, 0) is 17.8 Å². The molecule has 130 valence electrons. The quantitative estimate of drug-likeness (QED) is 0.845. The number of hydrogen-bond acceptors (Lipinski definition) is 4. The molecule has 0 aliphatic carbocycles. The molecule has 24 heavy (non-hydrogen) atoms. The molecule has 1 atom stereocenters. The van der Waals surface area contributed by atoms with Gasteiger partial charge in [0.1, 0.15) is 5.76 Å². The van der Waals surface area contributed by atoms with Crippen LogP contribution in [-0.4, -0.2) is 39.8 Å². The van der Waals surface area contributed by atoms with Crippen LogP contribution in [0.3, 0.4) is 0 Å². The number of nitrogens with zero attached hydrogens (tertiary/aromatic N) is 3. The van der Waals surface area contributed by atoms with E-state index in [-0.39, 0.29) is 11.9 Å². The van der Waals surface area contributed by atoms with E-state index in [1.54, 1.807) is 18.5 Å². The molecule has 1 aliphatic heterocycles. The summed E-state index contributed by atoms with van der Waals surface area (Å²) in [5, 5.41) is 4.35. The Hall–Kier alpha value is -2.08. The highest BCUT2D eigenvalue weighted by Gasteiger charge is 2.30. The van der Waals surface area contributed by atoms with Crippen LogP contribution in [0.2, 0.25) is 0 Å². The van der Waals surface area contributed by atoms with Crippen molar-refractivity contribution in [2.24, 2.45) is 5.92 Å². The zero-order valence-corrected chi connectivity index (χ0v) is 14.6. The van der Waals surface area contributed by atoms with Gasteiger partial charge in [0.05, 0.1) is 36.7 Å². The van der Waals surface area contributed by atoms with Crippen molar-refractivity contribution in [3.05, 3.63) is 41.6 Å². The molecule has 0 saturated heterocycles. The molecule has 0 N–H and O–H groups in total. The van der Waals surface area contributed by atoms with Crippen molar-refractivity contribution in [3.63, 3.8) is 0 Å². The van der Waals surface area contributed by atoms with Gasteiger partial charge >= 0.3 is 0 Å². The van der Waals surface area contributed by atoms with Gasteiger partial charge in [0.2, 0.25) is 0 Å². The molecule has 0 radical (unpaired) electrons. The summed E-state index contributed by atoms with van der Waals surface area (Å²) < 4.78 is 13.1. The molecule has 6 heteroatoms. The first-order chi connectivity index (χ1) is 11.6. The fourth-order valence-corrected chi connectivity index (χ4v) is 3.04. The molecule has 1 unspecified atom stereocenters. The van der Waals surface area contributed by atoms with E-state index in [0.717, 1.165) is 18.7 Å². The van der Waals surface area contributed by atoms with Gasteiger partial charge in [0.15, 0.2) is 0 Å². The Morgan fingerprint density at radius 3 is 3.00 bits per heavy atom. The molecule has 0 fully saturated rings. The van der Waals surface area contributed by atoms with Crippen molar-refractivity contribution in [1.82, 2.24) is 14.7 Å². The highest BCUT2D eigenvalue weighted by atomic mass is 16.5. The van der Waals surface area contributed by atoms with Crippen LogP contribution in [0.15, 0.2) is 29.0 Å². The van der Waals surface area contributed by atoms with E-state index in [9.17, 15) is 4.79 Å². The normalized spacial score (nSPS) is 17.8. The lowest BCUT2D eigenvalue weighted by Crippen LogP contribution is -2.42. The summed E-state index contributed by atoms with van der Waals surface area (Å²) in [6.07, 6.45) is 4.18. The number of amides is 1. The van der Waals surface area contributed by atoms with Crippen LogP contribution in [0.4, 0.5) is 0 Å². The zero-order valence-electron chi connectivity index (χ0n) is 14.6. The maximum Gasteiger partial charge on any atom is 0.258 e. The number of aryl methyl sites for hydroxylation is 2. The van der Waals surface area contributed by atoms with Crippen LogP contribution >= 0.6 is 0 Å². The average Bonchev–Trinajstić information content (AvgIpc) is 3.13. The third-order valence-corrected chi connectivity index (χ3v) is 4.36. The maximum absolute atomic E-state index is 13.1. The highest BCUT2D eigenvalue weighted by Crippen LogP contribution is 2.22. The lowest BCUT2D eigenvalue weighted by molar-refractivity contribution is 0.0331. The van der Waals surface area contributed by atoms with Crippen LogP contribution in [0.25, 0.3) is 0 Å². The first-order valence-corrected chi connectivity index (χ1v) is 8.49. The molecule has 3 rings (SSSR count). The van der Waals surface area contributed by atoms with Gasteiger partial charge in [-0.15, -0.1) is 0 Å². The van der Waals surface area contributed by atoms with Gasteiger partial charge in [-0.25, -0.2) is 0 Å². The van der Waals surface area contributed by atoms with E-state index in [1.165, 1.54) is 0 Å². The summed E-state index contributed by atoms with van der Waals surface area (Å²) in [5.74, 6) is 1.13. The second-order valence-electron chi connectivity index (χ2n) is 6.74. The predicted octanol–water partition coefficient (Wildman–Crippen LogP) is 2.87. The molecule has 0 bridgehead atoms. The van der Waals surface area contributed by atoms with Gasteiger partial charge in [0.25, 0.3) is 5.91 Å². The Morgan fingerprint density at radius 1 is 1.46 bits per heavy atom. The van der Waals surface area contributed by atoms with Crippen LogP contribution in [0, 0.1) is 12.8 Å². The zero-order chi connectivity index (χ0) is 17.1.